The van der Waals surface area contributed by atoms with E-state index >= 15 is 0 Å². The van der Waals surface area contributed by atoms with E-state index in [-0.39, 0.29) is 16.6 Å². The summed E-state index contributed by atoms with van der Waals surface area (Å²) in [6.45, 7) is 15.7. The zero-order valence-electron chi connectivity index (χ0n) is 15.5. The highest BCUT2D eigenvalue weighted by Crippen LogP contribution is 2.27. The molecule has 2 N–H and O–H groups in total. The van der Waals surface area contributed by atoms with Crippen LogP contribution >= 0.6 is 0 Å². The lowest BCUT2D eigenvalue weighted by molar-refractivity contribution is 0.252. The molecule has 1 atom stereocenters. The van der Waals surface area contributed by atoms with E-state index in [4.69, 9.17) is 0 Å². The van der Waals surface area contributed by atoms with Crippen LogP contribution in [0, 0.1) is 0 Å². The number of hydrogen-bond acceptors (Lipinski definition) is 4. The summed E-state index contributed by atoms with van der Waals surface area (Å²) in [5, 5.41) is 16.7. The average molecular weight is 306 g/mol. The summed E-state index contributed by atoms with van der Waals surface area (Å²) >= 11 is 0. The normalized spacial score (nSPS) is 32.0. The van der Waals surface area contributed by atoms with E-state index in [2.05, 4.69) is 69.3 Å². The fourth-order valence-corrected chi connectivity index (χ4v) is 4.14. The fourth-order valence-electron chi connectivity index (χ4n) is 4.14. The van der Waals surface area contributed by atoms with E-state index in [0.717, 1.165) is 32.1 Å². The van der Waals surface area contributed by atoms with Gasteiger partial charge >= 0.3 is 0 Å². The van der Waals surface area contributed by atoms with Gasteiger partial charge in [0.1, 0.15) is 0 Å². The van der Waals surface area contributed by atoms with Gasteiger partial charge in [-0.25, -0.2) is 0 Å². The Hall–Kier alpha value is -0.740. The van der Waals surface area contributed by atoms with Gasteiger partial charge < -0.3 is 10.6 Å². The van der Waals surface area contributed by atoms with E-state index < -0.39 is 0 Å². The van der Waals surface area contributed by atoms with Crippen molar-refractivity contribution in [1.29, 1.82) is 0 Å². The van der Waals surface area contributed by atoms with Crippen molar-refractivity contribution < 1.29 is 0 Å². The molecule has 22 heavy (non-hydrogen) atoms. The molecule has 0 spiro atoms. The minimum Gasteiger partial charge on any atom is -0.308 e. The first-order chi connectivity index (χ1) is 10.0. The van der Waals surface area contributed by atoms with Crippen LogP contribution in [0.4, 0.5) is 0 Å². The summed E-state index contributed by atoms with van der Waals surface area (Å²) in [4.78, 5) is 0. The molecule has 0 aromatic heterocycles. The summed E-state index contributed by atoms with van der Waals surface area (Å²) in [6.07, 6.45) is 5.12. The smallest absolute Gasteiger partial charge is 0.0442 e. The van der Waals surface area contributed by atoms with Crippen LogP contribution in [0.15, 0.2) is 10.2 Å². The molecule has 2 aliphatic rings. The van der Waals surface area contributed by atoms with E-state index in [9.17, 15) is 0 Å². The zero-order valence-corrected chi connectivity index (χ0v) is 15.5. The largest absolute Gasteiger partial charge is 0.308 e. The minimum atomic E-state index is 0.0973. The van der Waals surface area contributed by atoms with Crippen molar-refractivity contribution in [2.75, 3.05) is 0 Å². The van der Waals surface area contributed by atoms with Gasteiger partial charge in [-0.15, -0.1) is 0 Å². The molecular weight excluding hydrogens is 272 g/mol. The summed E-state index contributed by atoms with van der Waals surface area (Å²) < 4.78 is 0. The number of nitrogens with zero attached hydrogens (tertiary/aromatic N) is 2. The molecule has 4 heteroatoms. The minimum absolute atomic E-state index is 0.0973. The first-order valence-corrected chi connectivity index (χ1v) is 8.68. The van der Waals surface area contributed by atoms with Crippen LogP contribution in [0.2, 0.25) is 0 Å². The molecule has 126 valence electrons. The third-order valence-corrected chi connectivity index (χ3v) is 4.52. The Kier molecular flexibility index (Phi) is 4.84. The van der Waals surface area contributed by atoms with E-state index in [1.165, 1.54) is 11.4 Å². The van der Waals surface area contributed by atoms with Crippen LogP contribution in [0.1, 0.15) is 80.6 Å². The predicted molar refractivity (Wildman–Crippen MR) is 95.9 cm³/mol. The summed E-state index contributed by atoms with van der Waals surface area (Å²) in [7, 11) is 0. The lowest BCUT2D eigenvalue weighted by atomic mass is 9.81. The van der Waals surface area contributed by atoms with Gasteiger partial charge in [-0.05, 0) is 48.0 Å². The second kappa shape index (κ2) is 6.04. The third kappa shape index (κ3) is 4.88. The molecule has 0 aromatic carbocycles. The van der Waals surface area contributed by atoms with Crippen molar-refractivity contribution in [3.05, 3.63) is 0 Å². The molecular formula is C18H34N4. The van der Waals surface area contributed by atoms with Crippen molar-refractivity contribution in [3.63, 3.8) is 0 Å². The number of rotatable bonds is 2. The highest BCUT2D eigenvalue weighted by atomic mass is 15.2. The number of hydrogen-bond donors (Lipinski definition) is 2. The Labute approximate surface area is 136 Å². The summed E-state index contributed by atoms with van der Waals surface area (Å²) in [5.74, 6) is 0. The SMILES string of the molecule is CC[C@@H]1C/C(=N/N=C2CC(C)(C)NC(C)(C)C2)CC(C)(C)N1. The lowest BCUT2D eigenvalue weighted by Gasteiger charge is -2.43. The van der Waals surface area contributed by atoms with Crippen LogP contribution in [0.25, 0.3) is 0 Å². The Bertz CT molecular complexity index is 453. The molecule has 4 nitrogen and oxygen atoms in total. The van der Waals surface area contributed by atoms with Gasteiger partial charge in [0.05, 0.1) is 0 Å². The second-order valence-corrected chi connectivity index (χ2v) is 9.09. The van der Waals surface area contributed by atoms with E-state index in [1.807, 2.05) is 0 Å². The lowest BCUT2D eigenvalue weighted by Crippen LogP contribution is -2.58. The molecule has 2 saturated heterocycles. The predicted octanol–water partition coefficient (Wildman–Crippen LogP) is 3.66. The maximum Gasteiger partial charge on any atom is 0.0442 e. The van der Waals surface area contributed by atoms with E-state index in [1.54, 1.807) is 0 Å². The molecule has 2 fully saturated rings. The Morgan fingerprint density at radius 1 is 0.864 bits per heavy atom. The number of nitrogens with one attached hydrogen (secondary N) is 2. The first kappa shape index (κ1) is 17.6. The van der Waals surface area contributed by atoms with Gasteiger partial charge in [-0.3, -0.25) is 0 Å². The quantitative estimate of drug-likeness (QED) is 0.765. The molecule has 2 heterocycles. The second-order valence-electron chi connectivity index (χ2n) is 9.09. The van der Waals surface area contributed by atoms with Crippen molar-refractivity contribution in [2.24, 2.45) is 10.2 Å². The molecule has 2 rings (SSSR count). The first-order valence-electron chi connectivity index (χ1n) is 8.68. The highest BCUT2D eigenvalue weighted by Gasteiger charge is 2.36. The fraction of sp³-hybridized carbons (Fsp3) is 0.889. The van der Waals surface area contributed by atoms with Gasteiger partial charge in [0.15, 0.2) is 0 Å². The van der Waals surface area contributed by atoms with Crippen molar-refractivity contribution in [2.45, 2.75) is 103 Å². The van der Waals surface area contributed by atoms with Crippen LogP contribution in [0.5, 0.6) is 0 Å². The average Bonchev–Trinajstić information content (AvgIpc) is 2.30. The summed E-state index contributed by atoms with van der Waals surface area (Å²) in [6, 6.07) is 0.531. The van der Waals surface area contributed by atoms with Gasteiger partial charge in [0.2, 0.25) is 0 Å². The van der Waals surface area contributed by atoms with Gasteiger partial charge in [0.25, 0.3) is 0 Å². The molecule has 0 saturated carbocycles. The Morgan fingerprint density at radius 3 is 1.91 bits per heavy atom. The van der Waals surface area contributed by atoms with Crippen molar-refractivity contribution in [1.82, 2.24) is 10.6 Å². The zero-order chi connectivity index (χ0) is 16.6. The molecule has 0 radical (unpaired) electrons. The summed E-state index contributed by atoms with van der Waals surface area (Å²) in [5.41, 5.74) is 2.80. The monoisotopic (exact) mass is 306 g/mol. The van der Waals surface area contributed by atoms with Gasteiger partial charge in [0, 0.05) is 59.8 Å². The standard InChI is InChI=1S/C18H34N4/c1-8-13-9-14(10-16(2,3)19-13)20-21-15-11-17(4,5)22-18(6,7)12-15/h13,19,22H,8-12H2,1-7H3/b20-14-/t13-/m1/s1. The van der Waals surface area contributed by atoms with Crippen LogP contribution in [-0.4, -0.2) is 34.1 Å². The highest BCUT2D eigenvalue weighted by molar-refractivity contribution is 5.90. The molecule has 0 amide bonds. The van der Waals surface area contributed by atoms with Crippen LogP contribution in [0.3, 0.4) is 0 Å². The van der Waals surface area contributed by atoms with E-state index in [0.29, 0.717) is 6.04 Å². The number of piperidine rings is 2. The Morgan fingerprint density at radius 2 is 1.36 bits per heavy atom. The molecule has 0 bridgehead atoms. The van der Waals surface area contributed by atoms with Crippen molar-refractivity contribution >= 4 is 11.4 Å². The third-order valence-electron chi connectivity index (χ3n) is 4.52. The van der Waals surface area contributed by atoms with Gasteiger partial charge in [-0.1, -0.05) is 6.92 Å². The maximum absolute atomic E-state index is 4.67. The molecule has 0 aliphatic carbocycles. The maximum atomic E-state index is 4.67. The van der Waals surface area contributed by atoms with Crippen LogP contribution in [-0.2, 0) is 0 Å². The Balaban J connectivity index is 2.14. The van der Waals surface area contributed by atoms with Gasteiger partial charge in [-0.2, -0.15) is 10.2 Å². The van der Waals surface area contributed by atoms with Crippen molar-refractivity contribution in [3.8, 4) is 0 Å². The molecule has 0 aromatic rings. The van der Waals surface area contributed by atoms with Crippen LogP contribution < -0.4 is 10.6 Å². The topological polar surface area (TPSA) is 48.8 Å². The molecule has 0 unspecified atom stereocenters. The molecule has 2 aliphatic heterocycles.